The van der Waals surface area contributed by atoms with Gasteiger partial charge in [0.25, 0.3) is 0 Å². The molecule has 0 aliphatic rings. The molecule has 1 unspecified atom stereocenters. The quantitative estimate of drug-likeness (QED) is 0.671. The van der Waals surface area contributed by atoms with E-state index in [4.69, 9.17) is 32.7 Å². The van der Waals surface area contributed by atoms with Crippen LogP contribution in [0.4, 0.5) is 4.79 Å². The fourth-order valence-corrected chi connectivity index (χ4v) is 1.97. The molecule has 0 spiro atoms. The SMILES string of the molecule is COC(=O)NC(Cl)Cc1cc(OC)c(OC)cc1Cl. The van der Waals surface area contributed by atoms with Crippen LogP contribution in [0.3, 0.4) is 0 Å². The zero-order valence-electron chi connectivity index (χ0n) is 10.8. The van der Waals surface area contributed by atoms with Gasteiger partial charge in [-0.1, -0.05) is 23.2 Å². The first-order valence-electron chi connectivity index (χ1n) is 5.40. The van der Waals surface area contributed by atoms with Crippen molar-refractivity contribution >= 4 is 29.3 Å². The molecule has 1 rings (SSSR count). The molecule has 19 heavy (non-hydrogen) atoms. The number of hydrogen-bond acceptors (Lipinski definition) is 4. The smallest absolute Gasteiger partial charge is 0.408 e. The molecule has 0 aliphatic carbocycles. The van der Waals surface area contributed by atoms with Crippen LogP contribution in [-0.4, -0.2) is 32.9 Å². The summed E-state index contributed by atoms with van der Waals surface area (Å²) in [6, 6.07) is 3.35. The Morgan fingerprint density at radius 3 is 2.37 bits per heavy atom. The summed E-state index contributed by atoms with van der Waals surface area (Å²) < 4.78 is 14.8. The molecule has 1 aromatic rings. The third kappa shape index (κ3) is 4.36. The Morgan fingerprint density at radius 1 is 1.26 bits per heavy atom. The van der Waals surface area contributed by atoms with Crippen LogP contribution in [0.5, 0.6) is 11.5 Å². The van der Waals surface area contributed by atoms with Crippen LogP contribution in [-0.2, 0) is 11.2 Å². The molecule has 1 amide bonds. The van der Waals surface area contributed by atoms with Crippen LogP contribution < -0.4 is 14.8 Å². The lowest BCUT2D eigenvalue weighted by molar-refractivity contribution is 0.170. The van der Waals surface area contributed by atoms with E-state index in [9.17, 15) is 4.79 Å². The first-order chi connectivity index (χ1) is 9.01. The number of nitrogens with one attached hydrogen (secondary N) is 1. The molecule has 0 heterocycles. The minimum absolute atomic E-state index is 0.329. The number of halogens is 2. The molecule has 5 nitrogen and oxygen atoms in total. The highest BCUT2D eigenvalue weighted by molar-refractivity contribution is 6.31. The fraction of sp³-hybridized carbons (Fsp3) is 0.417. The van der Waals surface area contributed by atoms with E-state index in [0.717, 1.165) is 5.56 Å². The van der Waals surface area contributed by atoms with Crippen molar-refractivity contribution in [3.63, 3.8) is 0 Å². The Morgan fingerprint density at radius 2 is 1.84 bits per heavy atom. The van der Waals surface area contributed by atoms with Crippen LogP contribution in [0.2, 0.25) is 5.02 Å². The van der Waals surface area contributed by atoms with Crippen LogP contribution in [0.15, 0.2) is 12.1 Å². The van der Waals surface area contributed by atoms with Crippen molar-refractivity contribution < 1.29 is 19.0 Å². The molecule has 0 saturated carbocycles. The zero-order valence-corrected chi connectivity index (χ0v) is 12.3. The van der Waals surface area contributed by atoms with Crippen LogP contribution >= 0.6 is 23.2 Å². The molecule has 1 N–H and O–H groups in total. The monoisotopic (exact) mass is 307 g/mol. The van der Waals surface area contributed by atoms with Crippen molar-refractivity contribution in [3.05, 3.63) is 22.7 Å². The maximum absolute atomic E-state index is 11.0. The summed E-state index contributed by atoms with van der Waals surface area (Å²) in [4.78, 5) is 11.0. The molecular formula is C12H15Cl2NO4. The average molecular weight is 308 g/mol. The predicted octanol–water partition coefficient (Wildman–Crippen LogP) is 2.82. The topological polar surface area (TPSA) is 56.8 Å². The van der Waals surface area contributed by atoms with E-state index in [1.165, 1.54) is 21.3 Å². The van der Waals surface area contributed by atoms with Crippen molar-refractivity contribution in [2.75, 3.05) is 21.3 Å². The van der Waals surface area contributed by atoms with Gasteiger partial charge >= 0.3 is 6.09 Å². The molecular weight excluding hydrogens is 293 g/mol. The van der Waals surface area contributed by atoms with Gasteiger partial charge in [0.2, 0.25) is 0 Å². The van der Waals surface area contributed by atoms with Crippen molar-refractivity contribution in [1.82, 2.24) is 5.32 Å². The first-order valence-corrected chi connectivity index (χ1v) is 6.22. The molecule has 0 aliphatic heterocycles. The summed E-state index contributed by atoms with van der Waals surface area (Å²) in [6.45, 7) is 0. The Balaban J connectivity index is 2.86. The van der Waals surface area contributed by atoms with Crippen molar-refractivity contribution in [3.8, 4) is 11.5 Å². The number of benzene rings is 1. The summed E-state index contributed by atoms with van der Waals surface area (Å²) >= 11 is 12.1. The molecule has 7 heteroatoms. The summed E-state index contributed by atoms with van der Waals surface area (Å²) in [5.41, 5.74) is 0.0961. The lowest BCUT2D eigenvalue weighted by Crippen LogP contribution is -2.32. The van der Waals surface area contributed by atoms with Gasteiger partial charge in [-0.25, -0.2) is 4.79 Å². The number of alkyl halides is 1. The van der Waals surface area contributed by atoms with E-state index in [-0.39, 0.29) is 0 Å². The van der Waals surface area contributed by atoms with Gasteiger partial charge in [-0.2, -0.15) is 0 Å². The van der Waals surface area contributed by atoms with E-state index in [1.54, 1.807) is 12.1 Å². The van der Waals surface area contributed by atoms with Gasteiger partial charge in [0, 0.05) is 17.5 Å². The largest absolute Gasteiger partial charge is 0.493 e. The minimum Gasteiger partial charge on any atom is -0.493 e. The lowest BCUT2D eigenvalue weighted by atomic mass is 10.1. The second-order valence-electron chi connectivity index (χ2n) is 3.61. The highest BCUT2D eigenvalue weighted by atomic mass is 35.5. The first kappa shape index (κ1) is 15.7. The van der Waals surface area contributed by atoms with Crippen LogP contribution in [0, 0.1) is 0 Å². The Labute approximate surface area is 121 Å². The second kappa shape index (κ2) is 7.31. The van der Waals surface area contributed by atoms with Gasteiger partial charge in [-0.3, -0.25) is 0 Å². The van der Waals surface area contributed by atoms with Gasteiger partial charge < -0.3 is 19.5 Å². The number of methoxy groups -OCH3 is 3. The number of rotatable bonds is 5. The van der Waals surface area contributed by atoms with Gasteiger partial charge in [0.15, 0.2) is 11.5 Å². The molecule has 0 fully saturated rings. The van der Waals surface area contributed by atoms with E-state index >= 15 is 0 Å². The molecule has 1 atom stereocenters. The predicted molar refractivity (Wildman–Crippen MR) is 73.4 cm³/mol. The van der Waals surface area contributed by atoms with E-state index in [0.29, 0.717) is 22.9 Å². The maximum Gasteiger partial charge on any atom is 0.408 e. The maximum atomic E-state index is 11.0. The third-order valence-electron chi connectivity index (χ3n) is 2.41. The van der Waals surface area contributed by atoms with Crippen molar-refractivity contribution in [2.24, 2.45) is 0 Å². The summed E-state index contributed by atoms with van der Waals surface area (Å²) in [6.07, 6.45) is -0.271. The zero-order chi connectivity index (χ0) is 14.4. The third-order valence-corrected chi connectivity index (χ3v) is 3.03. The van der Waals surface area contributed by atoms with E-state index < -0.39 is 11.6 Å². The Hall–Kier alpha value is -1.33. The normalized spacial score (nSPS) is 11.6. The number of alkyl carbamates (subject to hydrolysis) is 1. The van der Waals surface area contributed by atoms with Crippen molar-refractivity contribution in [2.45, 2.75) is 11.9 Å². The molecule has 0 saturated heterocycles. The number of hydrogen-bond donors (Lipinski definition) is 1. The van der Waals surface area contributed by atoms with Gasteiger partial charge in [-0.05, 0) is 11.6 Å². The van der Waals surface area contributed by atoms with Gasteiger partial charge in [-0.15, -0.1) is 0 Å². The number of carbonyl (C=O) groups excluding carboxylic acids is 1. The van der Waals surface area contributed by atoms with Crippen LogP contribution in [0.25, 0.3) is 0 Å². The Kier molecular flexibility index (Phi) is 6.05. The number of amides is 1. The summed E-state index contributed by atoms with van der Waals surface area (Å²) in [5, 5.41) is 2.93. The summed E-state index contributed by atoms with van der Waals surface area (Å²) in [5.74, 6) is 1.08. The van der Waals surface area contributed by atoms with Gasteiger partial charge in [0.1, 0.15) is 5.50 Å². The molecule has 0 aromatic heterocycles. The van der Waals surface area contributed by atoms with Crippen molar-refractivity contribution in [1.29, 1.82) is 0 Å². The number of ether oxygens (including phenoxy) is 3. The minimum atomic E-state index is -0.636. The highest BCUT2D eigenvalue weighted by Crippen LogP contribution is 2.33. The second-order valence-corrected chi connectivity index (χ2v) is 4.54. The molecule has 1 aromatic carbocycles. The summed E-state index contributed by atoms with van der Waals surface area (Å²) in [7, 11) is 4.32. The highest BCUT2D eigenvalue weighted by Gasteiger charge is 2.15. The average Bonchev–Trinajstić information content (AvgIpc) is 2.40. The number of carbonyl (C=O) groups is 1. The van der Waals surface area contributed by atoms with E-state index in [1.807, 2.05) is 0 Å². The molecule has 0 bridgehead atoms. The van der Waals surface area contributed by atoms with E-state index in [2.05, 4.69) is 10.1 Å². The molecule has 0 radical (unpaired) electrons. The fourth-order valence-electron chi connectivity index (χ4n) is 1.48. The Bertz CT molecular complexity index is 454. The standard InChI is InChI=1S/C12H15Cl2NO4/c1-17-9-4-7(8(13)6-10(9)18-2)5-11(14)15-12(16)19-3/h4,6,11H,5H2,1-3H3,(H,15,16). The lowest BCUT2D eigenvalue weighted by Gasteiger charge is -2.14. The molecule has 106 valence electrons. The van der Waals surface area contributed by atoms with Crippen LogP contribution in [0.1, 0.15) is 5.56 Å². The van der Waals surface area contributed by atoms with Gasteiger partial charge in [0.05, 0.1) is 21.3 Å².